The van der Waals surface area contributed by atoms with Crippen molar-refractivity contribution in [2.24, 2.45) is 0 Å². The molecule has 2 N–H and O–H groups in total. The lowest BCUT2D eigenvalue weighted by molar-refractivity contribution is 0.341. The van der Waals surface area contributed by atoms with Crippen LogP contribution in [0.3, 0.4) is 0 Å². The number of H-pyrrole nitrogens is 1. The number of pyridine rings is 2. The quantitative estimate of drug-likeness (QED) is 0.437. The largest absolute Gasteiger partial charge is 0.493 e. The van der Waals surface area contributed by atoms with Crippen LogP contribution in [0.2, 0.25) is 5.02 Å². The molecule has 0 saturated carbocycles. The predicted octanol–water partition coefficient (Wildman–Crippen LogP) is 5.31. The number of aromatic amines is 1. The molecule has 1 aromatic carbocycles. The van der Waals surface area contributed by atoms with E-state index in [-0.39, 0.29) is 0 Å². The van der Waals surface area contributed by atoms with Crippen molar-refractivity contribution in [1.29, 1.82) is 0 Å². The summed E-state index contributed by atoms with van der Waals surface area (Å²) in [5, 5.41) is 3.98. The molecule has 0 bridgehead atoms. The van der Waals surface area contributed by atoms with Crippen molar-refractivity contribution in [3.05, 3.63) is 60.0 Å². The lowest BCUT2D eigenvalue weighted by Gasteiger charge is -2.10. The molecule has 0 amide bonds. The van der Waals surface area contributed by atoms with Gasteiger partial charge in [-0.05, 0) is 43.3 Å². The minimum atomic E-state index is 0.556. The Kier molecular flexibility index (Phi) is 3.98. The highest BCUT2D eigenvalue weighted by atomic mass is 35.5. The van der Waals surface area contributed by atoms with Gasteiger partial charge in [0.05, 0.1) is 29.7 Å². The van der Waals surface area contributed by atoms with Crippen molar-refractivity contribution in [3.8, 4) is 39.7 Å². The van der Waals surface area contributed by atoms with Crippen LogP contribution in [0.15, 0.2) is 55.0 Å². The summed E-state index contributed by atoms with van der Waals surface area (Å²) in [5.74, 6) is 2.16. The summed E-state index contributed by atoms with van der Waals surface area (Å²) < 4.78 is 5.79. The van der Waals surface area contributed by atoms with E-state index in [0.29, 0.717) is 17.5 Å². The molecule has 6 nitrogen and oxygen atoms in total. The number of nitrogens with one attached hydrogen (secondary N) is 2. The predicted molar refractivity (Wildman–Crippen MR) is 110 cm³/mol. The van der Waals surface area contributed by atoms with E-state index in [1.165, 1.54) is 0 Å². The number of anilines is 2. The van der Waals surface area contributed by atoms with E-state index in [1.54, 1.807) is 18.6 Å². The Morgan fingerprint density at radius 1 is 1.07 bits per heavy atom. The standard InChI is InChI=1S/C21H16ClN5O/c1-2-28-17-6-5-12(22)10-15(17)21-26-18-13-7-9-23-11-16(13)25-20-14(19(18)27-21)4-3-8-24-20/h3-11H,2H2,1H3,(H,24,25)(H,26,27). The van der Waals surface area contributed by atoms with Gasteiger partial charge in [-0.15, -0.1) is 0 Å². The maximum atomic E-state index is 6.26. The highest BCUT2D eigenvalue weighted by Crippen LogP contribution is 2.43. The van der Waals surface area contributed by atoms with Crippen LogP contribution in [-0.4, -0.2) is 26.5 Å². The van der Waals surface area contributed by atoms with Gasteiger partial charge < -0.3 is 15.0 Å². The summed E-state index contributed by atoms with van der Waals surface area (Å²) in [7, 11) is 0. The fraction of sp³-hybridized carbons (Fsp3) is 0.0952. The van der Waals surface area contributed by atoms with Crippen LogP contribution < -0.4 is 10.1 Å². The zero-order chi connectivity index (χ0) is 19.1. The third kappa shape index (κ3) is 2.70. The molecule has 138 valence electrons. The Morgan fingerprint density at radius 3 is 2.89 bits per heavy atom. The Bertz CT molecular complexity index is 1120. The van der Waals surface area contributed by atoms with Crippen molar-refractivity contribution < 1.29 is 4.74 Å². The molecule has 7 heteroatoms. The first-order chi connectivity index (χ1) is 13.7. The van der Waals surface area contributed by atoms with E-state index >= 15 is 0 Å². The molecule has 28 heavy (non-hydrogen) atoms. The van der Waals surface area contributed by atoms with E-state index in [2.05, 4.69) is 20.3 Å². The normalized spacial score (nSPS) is 11.6. The minimum Gasteiger partial charge on any atom is -0.493 e. The SMILES string of the molecule is CCOc1ccc(Cl)cc1-c1nc2c([nH]1)-c1ccncc1Nc1ncccc1-2. The first-order valence-corrected chi connectivity index (χ1v) is 9.32. The number of hydrogen-bond acceptors (Lipinski definition) is 5. The van der Waals surface area contributed by atoms with Crippen LogP contribution in [0.25, 0.3) is 33.9 Å². The van der Waals surface area contributed by atoms with E-state index in [1.807, 2.05) is 43.3 Å². The van der Waals surface area contributed by atoms with Crippen molar-refractivity contribution in [3.63, 3.8) is 0 Å². The van der Waals surface area contributed by atoms with Crippen LogP contribution in [0.5, 0.6) is 5.75 Å². The Hall–Kier alpha value is -3.38. The fourth-order valence-electron chi connectivity index (χ4n) is 3.39. The second-order valence-corrected chi connectivity index (χ2v) is 6.76. The molecule has 0 atom stereocenters. The van der Waals surface area contributed by atoms with E-state index in [9.17, 15) is 0 Å². The van der Waals surface area contributed by atoms with Crippen LogP contribution in [-0.2, 0) is 0 Å². The van der Waals surface area contributed by atoms with Gasteiger partial charge in [-0.25, -0.2) is 9.97 Å². The lowest BCUT2D eigenvalue weighted by atomic mass is 10.1. The third-order valence-corrected chi connectivity index (χ3v) is 4.84. The molecule has 0 aliphatic carbocycles. The summed E-state index contributed by atoms with van der Waals surface area (Å²) in [4.78, 5) is 17.1. The number of fused-ring (bicyclic) bond motifs is 5. The monoisotopic (exact) mass is 389 g/mol. The number of nitrogens with zero attached hydrogens (tertiary/aromatic N) is 3. The van der Waals surface area contributed by atoms with Gasteiger partial charge >= 0.3 is 0 Å². The number of rotatable bonds is 3. The van der Waals surface area contributed by atoms with Crippen molar-refractivity contribution in [2.75, 3.05) is 11.9 Å². The second-order valence-electron chi connectivity index (χ2n) is 6.33. The molecule has 0 radical (unpaired) electrons. The van der Waals surface area contributed by atoms with Crippen molar-refractivity contribution in [1.82, 2.24) is 19.9 Å². The zero-order valence-corrected chi connectivity index (χ0v) is 15.8. The summed E-state index contributed by atoms with van der Waals surface area (Å²) in [6, 6.07) is 11.4. The summed E-state index contributed by atoms with van der Waals surface area (Å²) in [5.41, 5.74) is 5.29. The number of aromatic nitrogens is 4. The number of hydrogen-bond donors (Lipinski definition) is 2. The van der Waals surface area contributed by atoms with Gasteiger partial charge in [0.2, 0.25) is 0 Å². The first kappa shape index (κ1) is 16.8. The maximum absolute atomic E-state index is 6.26. The van der Waals surface area contributed by atoms with Crippen LogP contribution in [0, 0.1) is 0 Å². The molecule has 0 spiro atoms. The summed E-state index contributed by atoms with van der Waals surface area (Å²) >= 11 is 6.26. The third-order valence-electron chi connectivity index (χ3n) is 4.61. The molecule has 0 fully saturated rings. The molecular formula is C21H16ClN5O. The Labute approximate surface area is 166 Å². The zero-order valence-electron chi connectivity index (χ0n) is 15.0. The maximum Gasteiger partial charge on any atom is 0.142 e. The van der Waals surface area contributed by atoms with Crippen LogP contribution in [0.4, 0.5) is 11.5 Å². The topological polar surface area (TPSA) is 75.7 Å². The van der Waals surface area contributed by atoms with Gasteiger partial charge in [0.15, 0.2) is 0 Å². The second kappa shape index (κ2) is 6.65. The van der Waals surface area contributed by atoms with Crippen molar-refractivity contribution in [2.45, 2.75) is 6.92 Å². The van der Waals surface area contributed by atoms with Crippen LogP contribution in [0.1, 0.15) is 6.92 Å². The Balaban J connectivity index is 1.78. The highest BCUT2D eigenvalue weighted by molar-refractivity contribution is 6.31. The number of benzene rings is 1. The molecule has 5 rings (SSSR count). The molecule has 4 heterocycles. The number of halogens is 1. The number of imidazole rings is 1. The number of ether oxygens (including phenoxy) is 1. The van der Waals surface area contributed by atoms with Gasteiger partial charge in [-0.1, -0.05) is 11.6 Å². The van der Waals surface area contributed by atoms with Gasteiger partial charge in [-0.3, -0.25) is 4.98 Å². The average Bonchev–Trinajstić information content (AvgIpc) is 3.10. The van der Waals surface area contributed by atoms with Crippen LogP contribution >= 0.6 is 11.6 Å². The molecule has 0 saturated heterocycles. The van der Waals surface area contributed by atoms with Gasteiger partial charge in [0.1, 0.15) is 23.1 Å². The molecule has 1 aliphatic heterocycles. The minimum absolute atomic E-state index is 0.556. The van der Waals surface area contributed by atoms with E-state index in [0.717, 1.165) is 45.3 Å². The van der Waals surface area contributed by atoms with Gasteiger partial charge in [-0.2, -0.15) is 0 Å². The van der Waals surface area contributed by atoms with E-state index in [4.69, 9.17) is 21.3 Å². The lowest BCUT2D eigenvalue weighted by Crippen LogP contribution is -1.97. The molecule has 1 aliphatic rings. The smallest absolute Gasteiger partial charge is 0.142 e. The van der Waals surface area contributed by atoms with Gasteiger partial charge in [0.25, 0.3) is 0 Å². The molecule has 0 unspecified atom stereocenters. The molecule has 4 aromatic rings. The van der Waals surface area contributed by atoms with Crippen molar-refractivity contribution >= 4 is 23.1 Å². The average molecular weight is 390 g/mol. The molecular weight excluding hydrogens is 374 g/mol. The first-order valence-electron chi connectivity index (χ1n) is 8.94. The highest BCUT2D eigenvalue weighted by Gasteiger charge is 2.25. The summed E-state index contributed by atoms with van der Waals surface area (Å²) in [6.45, 7) is 2.51. The van der Waals surface area contributed by atoms with Gasteiger partial charge in [0, 0.05) is 28.5 Å². The summed E-state index contributed by atoms with van der Waals surface area (Å²) in [6.07, 6.45) is 5.30. The molecule has 3 aromatic heterocycles. The van der Waals surface area contributed by atoms with E-state index < -0.39 is 0 Å². The fourth-order valence-corrected chi connectivity index (χ4v) is 3.57. The Morgan fingerprint density at radius 2 is 2.00 bits per heavy atom.